The van der Waals surface area contributed by atoms with Crippen LogP contribution in [0.25, 0.3) is 0 Å². The molecule has 0 unspecified atom stereocenters. The minimum atomic E-state index is -0.0532. The van der Waals surface area contributed by atoms with Gasteiger partial charge in [-0.25, -0.2) is 0 Å². The molecule has 8 heteroatoms. The molecule has 7 nitrogen and oxygen atoms in total. The summed E-state index contributed by atoms with van der Waals surface area (Å²) in [5.41, 5.74) is -0.0532. The Morgan fingerprint density at radius 3 is 2.52 bits per heavy atom. The summed E-state index contributed by atoms with van der Waals surface area (Å²) in [6.07, 6.45) is 6.84. The molecule has 0 fully saturated rings. The number of aromatic nitrogens is 5. The maximum atomic E-state index is 10.2. The Balaban J connectivity index is 0.000000194. The van der Waals surface area contributed by atoms with Gasteiger partial charge in [0.05, 0.1) is 4.47 Å². The fraction of sp³-hybridized carbons (Fsp3) is 0.154. The van der Waals surface area contributed by atoms with Gasteiger partial charge in [0.25, 0.3) is 5.56 Å². The molecule has 0 amide bonds. The van der Waals surface area contributed by atoms with Crippen molar-refractivity contribution < 1.29 is 4.74 Å². The summed E-state index contributed by atoms with van der Waals surface area (Å²) < 4.78 is 9.61. The zero-order valence-corrected chi connectivity index (χ0v) is 13.1. The van der Waals surface area contributed by atoms with Crippen LogP contribution in [0.2, 0.25) is 0 Å². The Bertz CT molecular complexity index is 762. The molecule has 0 radical (unpaired) electrons. The monoisotopic (exact) mass is 351 g/mol. The maximum Gasteiger partial charge on any atom is 0.264 e. The SMILES string of the molecule is Cn1ccc(=O)[nH]1.Cn1ccc(Oc2ccncc2Br)n1. The molecule has 1 N–H and O–H groups in total. The average Bonchev–Trinajstić information content (AvgIpc) is 3.02. The molecule has 0 saturated heterocycles. The van der Waals surface area contributed by atoms with Crippen LogP contribution < -0.4 is 10.3 Å². The summed E-state index contributed by atoms with van der Waals surface area (Å²) in [5.74, 6) is 1.28. The van der Waals surface area contributed by atoms with Crippen molar-refractivity contribution in [2.45, 2.75) is 0 Å². The van der Waals surface area contributed by atoms with Crippen molar-refractivity contribution in [1.29, 1.82) is 0 Å². The van der Waals surface area contributed by atoms with E-state index in [1.54, 1.807) is 47.1 Å². The Labute approximate surface area is 129 Å². The molecular weight excluding hydrogens is 338 g/mol. The summed E-state index contributed by atoms with van der Waals surface area (Å²) in [6.45, 7) is 0. The van der Waals surface area contributed by atoms with E-state index in [1.807, 2.05) is 13.2 Å². The molecule has 0 bridgehead atoms. The van der Waals surface area contributed by atoms with Crippen molar-refractivity contribution in [2.24, 2.45) is 14.1 Å². The van der Waals surface area contributed by atoms with Crippen LogP contribution >= 0.6 is 15.9 Å². The highest BCUT2D eigenvalue weighted by Gasteiger charge is 2.03. The van der Waals surface area contributed by atoms with Gasteiger partial charge in [-0.05, 0) is 15.9 Å². The number of H-pyrrole nitrogens is 1. The van der Waals surface area contributed by atoms with Gasteiger partial charge in [0, 0.05) is 57.1 Å². The van der Waals surface area contributed by atoms with Crippen molar-refractivity contribution in [3.63, 3.8) is 0 Å². The van der Waals surface area contributed by atoms with Gasteiger partial charge in [0.1, 0.15) is 5.75 Å². The molecule has 0 aliphatic rings. The standard InChI is InChI=1S/C9H8BrN3O.C4H6N2O/c1-13-5-3-9(12-13)14-8-2-4-11-6-7(8)10;1-6-3-2-4(7)5-6/h2-6H,1H3;2-3H,1H3,(H,5,7). The van der Waals surface area contributed by atoms with Gasteiger partial charge in [-0.15, -0.1) is 5.10 Å². The Morgan fingerprint density at radius 1 is 1.24 bits per heavy atom. The summed E-state index contributed by atoms with van der Waals surface area (Å²) >= 11 is 3.34. The van der Waals surface area contributed by atoms with E-state index in [0.29, 0.717) is 11.6 Å². The molecular formula is C13H14BrN5O2. The summed E-state index contributed by atoms with van der Waals surface area (Å²) in [6, 6.07) is 5.05. The third-order valence-electron chi connectivity index (χ3n) is 2.37. The molecule has 0 aromatic carbocycles. The number of nitrogens with zero attached hydrogens (tertiary/aromatic N) is 4. The molecule has 21 heavy (non-hydrogen) atoms. The van der Waals surface area contributed by atoms with Gasteiger partial charge in [-0.3, -0.25) is 24.2 Å². The lowest BCUT2D eigenvalue weighted by Crippen LogP contribution is -1.99. The fourth-order valence-electron chi connectivity index (χ4n) is 1.43. The van der Waals surface area contributed by atoms with Gasteiger partial charge >= 0.3 is 0 Å². The normalized spacial score (nSPS) is 9.86. The molecule has 110 valence electrons. The third kappa shape index (κ3) is 4.60. The lowest BCUT2D eigenvalue weighted by Gasteiger charge is -2.02. The first-order valence-electron chi connectivity index (χ1n) is 6.03. The van der Waals surface area contributed by atoms with Gasteiger partial charge < -0.3 is 4.74 Å². The molecule has 0 saturated carbocycles. The first-order chi connectivity index (χ1) is 10.0. The van der Waals surface area contributed by atoms with E-state index in [1.165, 1.54) is 6.07 Å². The Morgan fingerprint density at radius 2 is 2.05 bits per heavy atom. The minimum Gasteiger partial charge on any atom is -0.436 e. The highest BCUT2D eigenvalue weighted by molar-refractivity contribution is 9.10. The van der Waals surface area contributed by atoms with Crippen LogP contribution in [-0.2, 0) is 14.1 Å². The molecule has 0 spiro atoms. The summed E-state index contributed by atoms with van der Waals surface area (Å²) in [4.78, 5) is 14.2. The quantitative estimate of drug-likeness (QED) is 0.766. The first kappa shape index (κ1) is 15.0. The average molecular weight is 352 g/mol. The molecule has 3 rings (SSSR count). The number of rotatable bonds is 2. The minimum absolute atomic E-state index is 0.0532. The van der Waals surface area contributed by atoms with Gasteiger partial charge in [-0.1, -0.05) is 0 Å². The Hall–Kier alpha value is -2.35. The lowest BCUT2D eigenvalue weighted by molar-refractivity contribution is 0.450. The van der Waals surface area contributed by atoms with E-state index >= 15 is 0 Å². The lowest BCUT2D eigenvalue weighted by atomic mass is 10.4. The number of hydrogen-bond acceptors (Lipinski definition) is 4. The highest BCUT2D eigenvalue weighted by Crippen LogP contribution is 2.26. The van der Waals surface area contributed by atoms with Crippen molar-refractivity contribution >= 4 is 15.9 Å². The van der Waals surface area contributed by atoms with E-state index in [0.717, 1.165) is 4.47 Å². The summed E-state index contributed by atoms with van der Waals surface area (Å²) in [5, 5.41) is 6.60. The number of aryl methyl sites for hydroxylation is 2. The number of pyridine rings is 1. The number of nitrogens with one attached hydrogen (secondary N) is 1. The fourth-order valence-corrected chi connectivity index (χ4v) is 1.77. The first-order valence-corrected chi connectivity index (χ1v) is 6.82. The van der Waals surface area contributed by atoms with Gasteiger partial charge in [0.15, 0.2) is 0 Å². The smallest absolute Gasteiger partial charge is 0.264 e. The van der Waals surface area contributed by atoms with Crippen LogP contribution in [0.3, 0.4) is 0 Å². The summed E-state index contributed by atoms with van der Waals surface area (Å²) in [7, 11) is 3.61. The topological polar surface area (TPSA) is 77.7 Å². The molecule has 0 aliphatic carbocycles. The van der Waals surface area contributed by atoms with Gasteiger partial charge in [-0.2, -0.15) is 0 Å². The maximum absolute atomic E-state index is 10.2. The van der Waals surface area contributed by atoms with E-state index in [4.69, 9.17) is 4.74 Å². The number of ether oxygens (including phenoxy) is 1. The van der Waals surface area contributed by atoms with Gasteiger partial charge in [0.2, 0.25) is 5.88 Å². The second kappa shape index (κ2) is 6.89. The van der Waals surface area contributed by atoms with Crippen LogP contribution in [0.1, 0.15) is 0 Å². The largest absolute Gasteiger partial charge is 0.436 e. The highest BCUT2D eigenvalue weighted by atomic mass is 79.9. The van der Waals surface area contributed by atoms with E-state index in [2.05, 4.69) is 31.1 Å². The van der Waals surface area contributed by atoms with E-state index in [-0.39, 0.29) is 5.56 Å². The second-order valence-corrected chi connectivity index (χ2v) is 4.99. The number of halogens is 1. The molecule has 3 aromatic rings. The Kier molecular flexibility index (Phi) is 4.94. The van der Waals surface area contributed by atoms with Crippen LogP contribution in [0.15, 0.2) is 52.3 Å². The predicted octanol–water partition coefficient (Wildman–Crippen LogP) is 2.08. The van der Waals surface area contributed by atoms with Crippen LogP contribution in [-0.4, -0.2) is 24.5 Å². The molecule has 3 heterocycles. The van der Waals surface area contributed by atoms with Crippen LogP contribution in [0.5, 0.6) is 11.6 Å². The zero-order valence-electron chi connectivity index (χ0n) is 11.5. The van der Waals surface area contributed by atoms with Crippen molar-refractivity contribution in [1.82, 2.24) is 24.5 Å². The predicted molar refractivity (Wildman–Crippen MR) is 81.3 cm³/mol. The van der Waals surface area contributed by atoms with Crippen molar-refractivity contribution in [3.8, 4) is 11.6 Å². The molecule has 3 aromatic heterocycles. The number of aromatic amines is 1. The van der Waals surface area contributed by atoms with Crippen molar-refractivity contribution in [2.75, 3.05) is 0 Å². The zero-order chi connectivity index (χ0) is 15.2. The second-order valence-electron chi connectivity index (χ2n) is 4.14. The molecule has 0 atom stereocenters. The van der Waals surface area contributed by atoms with Crippen LogP contribution in [0, 0.1) is 0 Å². The van der Waals surface area contributed by atoms with Crippen LogP contribution in [0.4, 0.5) is 0 Å². The van der Waals surface area contributed by atoms with Crippen molar-refractivity contribution in [3.05, 3.63) is 57.8 Å². The third-order valence-corrected chi connectivity index (χ3v) is 2.97. The van der Waals surface area contributed by atoms with E-state index in [9.17, 15) is 4.79 Å². The van der Waals surface area contributed by atoms with E-state index < -0.39 is 0 Å². The number of hydrogen-bond donors (Lipinski definition) is 1. The molecule has 0 aliphatic heterocycles.